The summed E-state index contributed by atoms with van der Waals surface area (Å²) in [6.07, 6.45) is 3.01. The molecule has 2 N–H and O–H groups in total. The van der Waals surface area contributed by atoms with Gasteiger partial charge in [0.1, 0.15) is 11.6 Å². The van der Waals surface area contributed by atoms with Crippen LogP contribution in [0.3, 0.4) is 0 Å². The number of anilines is 1. The molecule has 0 radical (unpaired) electrons. The highest BCUT2D eigenvalue weighted by molar-refractivity contribution is 5.85. The number of methoxy groups -OCH3 is 2. The van der Waals surface area contributed by atoms with Gasteiger partial charge in [-0.1, -0.05) is 0 Å². The molecular formula is C20H28Cl2N4O2. The van der Waals surface area contributed by atoms with Gasteiger partial charge in [-0.2, -0.15) is 0 Å². The summed E-state index contributed by atoms with van der Waals surface area (Å²) in [7, 11) is 3.35. The van der Waals surface area contributed by atoms with Crippen LogP contribution < -0.4 is 20.1 Å². The van der Waals surface area contributed by atoms with Crippen LogP contribution in [-0.4, -0.2) is 36.8 Å². The van der Waals surface area contributed by atoms with Crippen molar-refractivity contribution in [2.45, 2.75) is 44.7 Å². The second-order valence-electron chi connectivity index (χ2n) is 7.27. The molecule has 0 atom stereocenters. The second-order valence-corrected chi connectivity index (χ2v) is 7.27. The Hall–Kier alpha value is -1.76. The molecule has 0 saturated heterocycles. The van der Waals surface area contributed by atoms with Crippen molar-refractivity contribution in [2.75, 3.05) is 25.7 Å². The van der Waals surface area contributed by atoms with Gasteiger partial charge in [-0.15, -0.1) is 24.8 Å². The normalized spacial score (nSPS) is 20.2. The fourth-order valence-corrected chi connectivity index (χ4v) is 3.93. The van der Waals surface area contributed by atoms with Gasteiger partial charge in [0.25, 0.3) is 0 Å². The van der Waals surface area contributed by atoms with E-state index in [2.05, 4.69) is 28.1 Å². The highest BCUT2D eigenvalue weighted by Crippen LogP contribution is 2.37. The molecule has 1 aliphatic heterocycles. The number of halogens is 2. The summed E-state index contributed by atoms with van der Waals surface area (Å²) < 4.78 is 10.9. The molecule has 1 aromatic heterocycles. The number of nitrogens with zero attached hydrogens (tertiary/aromatic N) is 3. The first-order chi connectivity index (χ1) is 12.6. The molecule has 0 unspecified atom stereocenters. The molecule has 6 nitrogen and oxygen atoms in total. The summed E-state index contributed by atoms with van der Waals surface area (Å²) in [4.78, 5) is 11.7. The topological polar surface area (TPSA) is 73.5 Å². The van der Waals surface area contributed by atoms with E-state index in [1.165, 1.54) is 11.1 Å². The van der Waals surface area contributed by atoms with Crippen molar-refractivity contribution in [3.63, 3.8) is 0 Å². The summed E-state index contributed by atoms with van der Waals surface area (Å²) in [5.74, 6) is 3.88. The number of benzene rings is 1. The van der Waals surface area contributed by atoms with Gasteiger partial charge in [0.15, 0.2) is 11.5 Å². The van der Waals surface area contributed by atoms with Gasteiger partial charge in [0.2, 0.25) is 0 Å². The molecule has 1 fully saturated rings. The zero-order valence-electron chi connectivity index (χ0n) is 16.5. The number of aryl methyl sites for hydroxylation is 1. The average molecular weight is 427 g/mol. The van der Waals surface area contributed by atoms with Crippen molar-refractivity contribution in [1.29, 1.82) is 0 Å². The molecule has 0 bridgehead atoms. The predicted molar refractivity (Wildman–Crippen MR) is 116 cm³/mol. The first-order valence-electron chi connectivity index (χ1n) is 9.17. The first-order valence-corrected chi connectivity index (χ1v) is 9.17. The van der Waals surface area contributed by atoms with Crippen molar-refractivity contribution >= 4 is 30.6 Å². The minimum absolute atomic E-state index is 0. The van der Waals surface area contributed by atoms with Gasteiger partial charge >= 0.3 is 0 Å². The minimum Gasteiger partial charge on any atom is -0.493 e. The van der Waals surface area contributed by atoms with Crippen LogP contribution in [0.15, 0.2) is 18.2 Å². The monoisotopic (exact) mass is 426 g/mol. The number of hydrogen-bond donors (Lipinski definition) is 1. The lowest BCUT2D eigenvalue weighted by Gasteiger charge is -2.34. The van der Waals surface area contributed by atoms with E-state index in [1.54, 1.807) is 14.2 Å². The summed E-state index contributed by atoms with van der Waals surface area (Å²) in [5.41, 5.74) is 9.66. The van der Waals surface area contributed by atoms with E-state index in [0.717, 1.165) is 61.2 Å². The Bertz CT molecular complexity index is 828. The Balaban J connectivity index is 0.00000140. The lowest BCUT2D eigenvalue weighted by atomic mass is 9.78. The molecule has 154 valence electrons. The van der Waals surface area contributed by atoms with Gasteiger partial charge in [-0.3, -0.25) is 0 Å². The average Bonchev–Trinajstić information content (AvgIpc) is 2.63. The van der Waals surface area contributed by atoms with Crippen molar-refractivity contribution in [1.82, 2.24) is 9.97 Å². The van der Waals surface area contributed by atoms with Crippen molar-refractivity contribution < 1.29 is 9.47 Å². The number of nitrogens with two attached hydrogens (primary N) is 1. The standard InChI is InChI=1S/C20H26N4O2.2ClH/c1-12-22-17(14-6-16(21)7-14)10-20(23-12)24-5-4-13-8-18(25-2)19(26-3)9-15(13)11-24;;/h8-10,14,16H,4-7,11,21H2,1-3H3;2*1H. The van der Waals surface area contributed by atoms with Crippen molar-refractivity contribution in [3.05, 3.63) is 40.8 Å². The van der Waals surface area contributed by atoms with Crippen LogP contribution in [-0.2, 0) is 13.0 Å². The number of aromatic nitrogens is 2. The number of fused-ring (bicyclic) bond motifs is 1. The Kier molecular flexibility index (Phi) is 7.37. The fraction of sp³-hybridized carbons (Fsp3) is 0.500. The van der Waals surface area contributed by atoms with Gasteiger partial charge in [-0.05, 0) is 49.4 Å². The molecule has 4 rings (SSSR count). The molecule has 2 heterocycles. The Labute approximate surface area is 178 Å². The molecule has 1 aromatic carbocycles. The lowest BCUT2D eigenvalue weighted by molar-refractivity contribution is 0.344. The van der Waals surface area contributed by atoms with Crippen molar-refractivity contribution in [3.8, 4) is 11.5 Å². The summed E-state index contributed by atoms with van der Waals surface area (Å²) in [6, 6.07) is 6.65. The fourth-order valence-electron chi connectivity index (χ4n) is 3.93. The third-order valence-corrected chi connectivity index (χ3v) is 5.48. The number of ether oxygens (including phenoxy) is 2. The van der Waals surface area contributed by atoms with Crippen LogP contribution in [0, 0.1) is 6.92 Å². The maximum Gasteiger partial charge on any atom is 0.161 e. The molecule has 1 aliphatic carbocycles. The molecule has 8 heteroatoms. The third-order valence-electron chi connectivity index (χ3n) is 5.48. The zero-order chi connectivity index (χ0) is 18.3. The Morgan fingerprint density at radius 3 is 2.25 bits per heavy atom. The lowest BCUT2D eigenvalue weighted by Crippen LogP contribution is -2.36. The molecule has 2 aliphatic rings. The Morgan fingerprint density at radius 1 is 1.00 bits per heavy atom. The second kappa shape index (κ2) is 9.16. The predicted octanol–water partition coefficient (Wildman–Crippen LogP) is 3.41. The molecule has 0 amide bonds. The van der Waals surface area contributed by atoms with Gasteiger partial charge < -0.3 is 20.1 Å². The van der Waals surface area contributed by atoms with Crippen LogP contribution >= 0.6 is 24.8 Å². The molecule has 28 heavy (non-hydrogen) atoms. The summed E-state index contributed by atoms with van der Waals surface area (Å²) >= 11 is 0. The van der Waals surface area contributed by atoms with Crippen molar-refractivity contribution in [2.24, 2.45) is 5.73 Å². The minimum atomic E-state index is 0. The van der Waals surface area contributed by atoms with E-state index in [0.29, 0.717) is 12.0 Å². The first kappa shape index (κ1) is 22.5. The van der Waals surface area contributed by atoms with Gasteiger partial charge in [0, 0.05) is 36.8 Å². The van der Waals surface area contributed by atoms with Crippen LogP contribution in [0.25, 0.3) is 0 Å². The summed E-state index contributed by atoms with van der Waals surface area (Å²) in [5, 5.41) is 0. The van der Waals surface area contributed by atoms with E-state index < -0.39 is 0 Å². The third kappa shape index (κ3) is 4.29. The van der Waals surface area contributed by atoms with E-state index in [9.17, 15) is 0 Å². The van der Waals surface area contributed by atoms with Crippen LogP contribution in [0.5, 0.6) is 11.5 Å². The molecule has 2 aromatic rings. The summed E-state index contributed by atoms with van der Waals surface area (Å²) in [6.45, 7) is 3.72. The van der Waals surface area contributed by atoms with Gasteiger partial charge in [-0.25, -0.2) is 9.97 Å². The number of hydrogen-bond acceptors (Lipinski definition) is 6. The zero-order valence-corrected chi connectivity index (χ0v) is 18.1. The highest BCUT2D eigenvalue weighted by atomic mass is 35.5. The van der Waals surface area contributed by atoms with E-state index in [-0.39, 0.29) is 24.8 Å². The van der Waals surface area contributed by atoms with Gasteiger partial charge in [0.05, 0.1) is 14.2 Å². The smallest absolute Gasteiger partial charge is 0.161 e. The quantitative estimate of drug-likeness (QED) is 0.806. The molecule has 0 spiro atoms. The Morgan fingerprint density at radius 2 is 1.64 bits per heavy atom. The maximum atomic E-state index is 5.95. The maximum absolute atomic E-state index is 5.95. The van der Waals surface area contributed by atoms with E-state index in [1.807, 2.05) is 6.92 Å². The molecule has 1 saturated carbocycles. The number of rotatable bonds is 4. The van der Waals surface area contributed by atoms with E-state index in [4.69, 9.17) is 20.2 Å². The van der Waals surface area contributed by atoms with Crippen LogP contribution in [0.2, 0.25) is 0 Å². The molecular weight excluding hydrogens is 399 g/mol. The van der Waals surface area contributed by atoms with Crippen LogP contribution in [0.4, 0.5) is 5.82 Å². The highest BCUT2D eigenvalue weighted by Gasteiger charge is 2.30. The largest absolute Gasteiger partial charge is 0.493 e. The van der Waals surface area contributed by atoms with E-state index >= 15 is 0 Å². The SMILES string of the molecule is COc1cc2c(cc1OC)CN(c1cc(C3CC(N)C3)nc(C)n1)CC2.Cl.Cl. The van der Waals surface area contributed by atoms with Crippen LogP contribution in [0.1, 0.15) is 41.4 Å².